The maximum atomic E-state index is 12.2. The van der Waals surface area contributed by atoms with E-state index in [1.54, 1.807) is 25.4 Å². The topological polar surface area (TPSA) is 98.3 Å². The smallest absolute Gasteiger partial charge is 0.261 e. The zero-order valence-corrected chi connectivity index (χ0v) is 11.9. The number of amides is 1. The van der Waals surface area contributed by atoms with Crippen molar-refractivity contribution in [3.05, 3.63) is 30.0 Å². The number of hydrogen-bond donors (Lipinski definition) is 2. The fraction of sp³-hybridized carbons (Fsp3) is 0.231. The Morgan fingerprint density at radius 2 is 1.86 bits per heavy atom. The van der Waals surface area contributed by atoms with E-state index < -0.39 is 0 Å². The Hall–Kier alpha value is -2.90. The van der Waals surface area contributed by atoms with Crippen LogP contribution in [0.1, 0.15) is 10.4 Å². The van der Waals surface area contributed by atoms with Crippen LogP contribution in [0.25, 0.3) is 0 Å². The first-order valence-corrected chi connectivity index (χ1v) is 6.09. The number of methoxy groups -OCH3 is 2. The molecule has 21 heavy (non-hydrogen) atoms. The Labute approximate surface area is 121 Å². The van der Waals surface area contributed by atoms with Crippen molar-refractivity contribution in [2.75, 3.05) is 31.9 Å². The summed E-state index contributed by atoms with van der Waals surface area (Å²) in [5.41, 5.74) is 0.380. The molecule has 2 N–H and O–H groups in total. The summed E-state index contributed by atoms with van der Waals surface area (Å²) in [7, 11) is 4.62. The minimum absolute atomic E-state index is 0.0853. The first kappa shape index (κ1) is 14.5. The maximum absolute atomic E-state index is 12.2. The molecule has 8 heteroatoms. The molecule has 0 radical (unpaired) electrons. The van der Waals surface area contributed by atoms with Gasteiger partial charge in [-0.3, -0.25) is 10.1 Å². The lowest BCUT2D eigenvalue weighted by molar-refractivity contribution is 0.102. The minimum atomic E-state index is -0.386. The number of nitrogens with one attached hydrogen (secondary N) is 2. The van der Waals surface area contributed by atoms with Gasteiger partial charge in [-0.15, -0.1) is 0 Å². The van der Waals surface area contributed by atoms with Crippen molar-refractivity contribution in [2.45, 2.75) is 0 Å². The Kier molecular flexibility index (Phi) is 4.50. The highest BCUT2D eigenvalue weighted by Gasteiger charge is 2.14. The number of nitrogens with zero attached hydrogens (tertiary/aromatic N) is 3. The van der Waals surface area contributed by atoms with Gasteiger partial charge >= 0.3 is 0 Å². The van der Waals surface area contributed by atoms with Crippen LogP contribution in [0.5, 0.6) is 11.8 Å². The third-order valence-electron chi connectivity index (χ3n) is 2.61. The highest BCUT2D eigenvalue weighted by atomic mass is 16.5. The van der Waals surface area contributed by atoms with Gasteiger partial charge in [-0.25, -0.2) is 4.98 Å². The van der Waals surface area contributed by atoms with Gasteiger partial charge in [0.05, 0.1) is 25.8 Å². The van der Waals surface area contributed by atoms with E-state index in [2.05, 4.69) is 25.6 Å². The minimum Gasteiger partial charge on any atom is -0.481 e. The van der Waals surface area contributed by atoms with Crippen LogP contribution < -0.4 is 20.1 Å². The van der Waals surface area contributed by atoms with Crippen molar-refractivity contribution < 1.29 is 14.3 Å². The summed E-state index contributed by atoms with van der Waals surface area (Å²) in [6.45, 7) is 0. The molecule has 2 rings (SSSR count). The van der Waals surface area contributed by atoms with E-state index in [1.807, 2.05) is 0 Å². The largest absolute Gasteiger partial charge is 0.481 e. The van der Waals surface area contributed by atoms with Gasteiger partial charge in [-0.2, -0.15) is 9.97 Å². The van der Waals surface area contributed by atoms with Gasteiger partial charge in [-0.1, -0.05) is 0 Å². The number of ether oxygens (including phenoxy) is 2. The van der Waals surface area contributed by atoms with Gasteiger partial charge < -0.3 is 14.8 Å². The summed E-state index contributed by atoms with van der Waals surface area (Å²) in [5, 5.41) is 5.43. The second kappa shape index (κ2) is 6.51. The summed E-state index contributed by atoms with van der Waals surface area (Å²) in [6.07, 6.45) is 1.59. The predicted octanol–water partition coefficient (Wildman–Crippen LogP) is 1.18. The van der Waals surface area contributed by atoms with Gasteiger partial charge in [0.15, 0.2) is 0 Å². The monoisotopic (exact) mass is 289 g/mol. The lowest BCUT2D eigenvalue weighted by Gasteiger charge is -2.09. The number of rotatable bonds is 5. The molecule has 8 nitrogen and oxygen atoms in total. The third kappa shape index (κ3) is 3.35. The van der Waals surface area contributed by atoms with Crippen molar-refractivity contribution >= 4 is 17.7 Å². The molecule has 0 unspecified atom stereocenters. The van der Waals surface area contributed by atoms with Gasteiger partial charge in [0.25, 0.3) is 5.91 Å². The number of aromatic nitrogens is 3. The molecule has 0 aliphatic carbocycles. The molecule has 1 amide bonds. The van der Waals surface area contributed by atoms with Gasteiger partial charge in [0.2, 0.25) is 17.7 Å². The number of anilines is 2. The van der Waals surface area contributed by atoms with Gasteiger partial charge in [0.1, 0.15) is 5.82 Å². The first-order valence-electron chi connectivity index (χ1n) is 6.09. The predicted molar refractivity (Wildman–Crippen MR) is 76.9 cm³/mol. The molecule has 2 aromatic rings. The molecular weight excluding hydrogens is 274 g/mol. The van der Waals surface area contributed by atoms with Gasteiger partial charge in [0, 0.05) is 13.2 Å². The summed E-state index contributed by atoms with van der Waals surface area (Å²) in [4.78, 5) is 24.4. The second-order valence-electron chi connectivity index (χ2n) is 3.88. The van der Waals surface area contributed by atoms with Crippen molar-refractivity contribution in [1.29, 1.82) is 0 Å². The van der Waals surface area contributed by atoms with E-state index in [0.717, 1.165) is 0 Å². The van der Waals surface area contributed by atoms with Crippen LogP contribution in [0.2, 0.25) is 0 Å². The van der Waals surface area contributed by atoms with E-state index in [4.69, 9.17) is 9.47 Å². The zero-order valence-electron chi connectivity index (χ0n) is 11.9. The normalized spacial score (nSPS) is 9.86. The van der Waals surface area contributed by atoms with Crippen molar-refractivity contribution in [3.63, 3.8) is 0 Å². The molecule has 0 atom stereocenters. The Morgan fingerprint density at radius 3 is 2.43 bits per heavy atom. The summed E-state index contributed by atoms with van der Waals surface area (Å²) < 4.78 is 10.0. The van der Waals surface area contributed by atoms with Gasteiger partial charge in [-0.05, 0) is 12.1 Å². The average Bonchev–Trinajstić information content (AvgIpc) is 2.54. The van der Waals surface area contributed by atoms with E-state index in [9.17, 15) is 4.79 Å². The lowest BCUT2D eigenvalue weighted by atomic mass is 10.2. The molecule has 0 saturated heterocycles. The Balaban J connectivity index is 2.27. The Morgan fingerprint density at radius 1 is 1.19 bits per heavy atom. The third-order valence-corrected chi connectivity index (χ3v) is 2.61. The van der Waals surface area contributed by atoms with Crippen LogP contribution >= 0.6 is 0 Å². The SMILES string of the molecule is CNc1ncccc1C(=O)Nc1nc(OC)cc(OC)n1. The number of carbonyl (C=O) groups is 1. The van der Waals surface area contributed by atoms with E-state index >= 15 is 0 Å². The lowest BCUT2D eigenvalue weighted by Crippen LogP contribution is -2.16. The van der Waals surface area contributed by atoms with Crippen LogP contribution in [-0.4, -0.2) is 42.1 Å². The fourth-order valence-electron chi connectivity index (χ4n) is 1.63. The van der Waals surface area contributed by atoms with E-state index in [0.29, 0.717) is 11.4 Å². The number of pyridine rings is 1. The zero-order chi connectivity index (χ0) is 15.2. The van der Waals surface area contributed by atoms with Crippen LogP contribution in [0.3, 0.4) is 0 Å². The molecule has 0 fully saturated rings. The van der Waals surface area contributed by atoms with Crippen LogP contribution in [0.4, 0.5) is 11.8 Å². The molecule has 0 saturated carbocycles. The fourth-order valence-corrected chi connectivity index (χ4v) is 1.63. The number of carbonyl (C=O) groups excluding carboxylic acids is 1. The van der Waals surface area contributed by atoms with E-state index in [1.165, 1.54) is 20.3 Å². The molecule has 0 aliphatic heterocycles. The standard InChI is InChI=1S/C13H15N5O3/c1-14-11-8(5-4-6-15-11)12(19)18-13-16-9(20-2)7-10(17-13)21-3/h4-7H,1-3H3,(H,14,15)(H,16,17,18,19). The molecule has 0 spiro atoms. The van der Waals surface area contributed by atoms with Crippen molar-refractivity contribution in [1.82, 2.24) is 15.0 Å². The molecule has 0 aliphatic rings. The quantitative estimate of drug-likeness (QED) is 0.852. The summed E-state index contributed by atoms with van der Waals surface area (Å²) >= 11 is 0. The van der Waals surface area contributed by atoms with Crippen molar-refractivity contribution in [2.24, 2.45) is 0 Å². The molecule has 2 heterocycles. The molecular formula is C13H15N5O3. The molecule has 2 aromatic heterocycles. The highest BCUT2D eigenvalue weighted by molar-refractivity contribution is 6.06. The maximum Gasteiger partial charge on any atom is 0.261 e. The van der Waals surface area contributed by atoms with E-state index in [-0.39, 0.29) is 23.6 Å². The van der Waals surface area contributed by atoms with Crippen LogP contribution in [-0.2, 0) is 0 Å². The first-order chi connectivity index (χ1) is 10.2. The summed E-state index contributed by atoms with van der Waals surface area (Å²) in [5.74, 6) is 0.740. The molecule has 110 valence electrons. The second-order valence-corrected chi connectivity index (χ2v) is 3.88. The van der Waals surface area contributed by atoms with Crippen molar-refractivity contribution in [3.8, 4) is 11.8 Å². The number of hydrogen-bond acceptors (Lipinski definition) is 7. The van der Waals surface area contributed by atoms with Crippen LogP contribution in [0, 0.1) is 0 Å². The average molecular weight is 289 g/mol. The summed E-state index contributed by atoms with van der Waals surface area (Å²) in [6, 6.07) is 4.83. The molecule has 0 bridgehead atoms. The Bertz CT molecular complexity index is 625. The molecule has 0 aromatic carbocycles. The van der Waals surface area contributed by atoms with Crippen LogP contribution in [0.15, 0.2) is 24.4 Å². The highest BCUT2D eigenvalue weighted by Crippen LogP contribution is 2.18.